The minimum Gasteiger partial charge on any atom is -0.477 e. The summed E-state index contributed by atoms with van der Waals surface area (Å²) in [5.74, 6) is -0.954. The van der Waals surface area contributed by atoms with Crippen LogP contribution < -0.4 is 0 Å². The summed E-state index contributed by atoms with van der Waals surface area (Å²) in [5, 5.41) is 9.00. The predicted molar refractivity (Wildman–Crippen MR) is 75.7 cm³/mol. The van der Waals surface area contributed by atoms with Crippen LogP contribution in [0.1, 0.15) is 35.4 Å². The number of aromatic carboxylic acids is 1. The van der Waals surface area contributed by atoms with Gasteiger partial charge in [-0.05, 0) is 51.0 Å². The van der Waals surface area contributed by atoms with E-state index in [0.717, 1.165) is 25.3 Å². The van der Waals surface area contributed by atoms with Gasteiger partial charge in [-0.25, -0.2) is 9.78 Å². The first-order valence-corrected chi connectivity index (χ1v) is 7.38. The quantitative estimate of drug-likeness (QED) is 0.905. The summed E-state index contributed by atoms with van der Waals surface area (Å²) in [6, 6.07) is 5.93. The molecule has 0 unspecified atom stereocenters. The van der Waals surface area contributed by atoms with Gasteiger partial charge in [-0.1, -0.05) is 6.07 Å². The maximum atomic E-state index is 11.0. The molecule has 0 saturated carbocycles. The minimum absolute atomic E-state index is 0.139. The molecule has 0 bridgehead atoms. The molecule has 0 aliphatic carbocycles. The number of fused-ring (bicyclic) bond motifs is 1. The Bertz CT molecular complexity index is 492. The monoisotopic (exact) mass is 275 g/mol. The molecule has 0 amide bonds. The zero-order valence-electron chi connectivity index (χ0n) is 11.7. The third-order valence-electron chi connectivity index (χ3n) is 4.30. The molecule has 2 fully saturated rings. The van der Waals surface area contributed by atoms with Gasteiger partial charge in [0.05, 0.1) is 5.69 Å². The van der Waals surface area contributed by atoms with Crippen molar-refractivity contribution in [2.45, 2.75) is 31.8 Å². The van der Waals surface area contributed by atoms with Crippen molar-refractivity contribution in [2.75, 3.05) is 26.2 Å². The number of carbonyl (C=O) groups is 1. The Balaban J connectivity index is 1.67. The van der Waals surface area contributed by atoms with Gasteiger partial charge in [-0.3, -0.25) is 9.80 Å². The second-order valence-electron chi connectivity index (χ2n) is 5.74. The van der Waals surface area contributed by atoms with Crippen molar-refractivity contribution >= 4 is 5.97 Å². The van der Waals surface area contributed by atoms with Crippen LogP contribution in [-0.4, -0.2) is 58.1 Å². The molecular formula is C15H21N3O2. The predicted octanol–water partition coefficient (Wildman–Crippen LogP) is 1.45. The lowest BCUT2D eigenvalue weighted by Crippen LogP contribution is -2.36. The van der Waals surface area contributed by atoms with E-state index in [1.165, 1.54) is 32.4 Å². The van der Waals surface area contributed by atoms with Crippen LogP contribution in [0.15, 0.2) is 18.2 Å². The Morgan fingerprint density at radius 1 is 1.30 bits per heavy atom. The molecule has 1 aromatic heterocycles. The lowest BCUT2D eigenvalue weighted by molar-refractivity contribution is 0.0690. The van der Waals surface area contributed by atoms with Gasteiger partial charge in [0.15, 0.2) is 0 Å². The highest BCUT2D eigenvalue weighted by Crippen LogP contribution is 2.22. The van der Waals surface area contributed by atoms with E-state index in [9.17, 15) is 4.79 Å². The van der Waals surface area contributed by atoms with Gasteiger partial charge in [0.25, 0.3) is 0 Å². The lowest BCUT2D eigenvalue weighted by Gasteiger charge is -2.25. The molecule has 0 radical (unpaired) electrons. The SMILES string of the molecule is O=C(O)c1cccc(CN2CCCN3CCC[C@H]3C2)n1. The third-order valence-corrected chi connectivity index (χ3v) is 4.30. The Morgan fingerprint density at radius 3 is 3.00 bits per heavy atom. The van der Waals surface area contributed by atoms with Crippen LogP contribution in [0.25, 0.3) is 0 Å². The number of aromatic nitrogens is 1. The van der Waals surface area contributed by atoms with Crippen molar-refractivity contribution in [3.05, 3.63) is 29.6 Å². The van der Waals surface area contributed by atoms with E-state index >= 15 is 0 Å². The largest absolute Gasteiger partial charge is 0.477 e. The summed E-state index contributed by atoms with van der Waals surface area (Å²) in [6.45, 7) is 5.35. The minimum atomic E-state index is -0.954. The fraction of sp³-hybridized carbons (Fsp3) is 0.600. The molecule has 0 spiro atoms. The molecule has 1 aromatic rings. The van der Waals surface area contributed by atoms with Crippen LogP contribution in [0.5, 0.6) is 0 Å². The van der Waals surface area contributed by atoms with Crippen molar-refractivity contribution in [1.82, 2.24) is 14.8 Å². The fourth-order valence-electron chi connectivity index (χ4n) is 3.34. The first-order valence-electron chi connectivity index (χ1n) is 7.38. The van der Waals surface area contributed by atoms with Crippen molar-refractivity contribution < 1.29 is 9.90 Å². The number of hydrogen-bond donors (Lipinski definition) is 1. The van der Waals surface area contributed by atoms with Gasteiger partial charge in [0.2, 0.25) is 0 Å². The summed E-state index contributed by atoms with van der Waals surface area (Å²) in [6.07, 6.45) is 3.79. The summed E-state index contributed by atoms with van der Waals surface area (Å²) < 4.78 is 0. The summed E-state index contributed by atoms with van der Waals surface area (Å²) in [4.78, 5) is 20.2. The highest BCUT2D eigenvalue weighted by molar-refractivity contribution is 5.85. The Morgan fingerprint density at radius 2 is 2.15 bits per heavy atom. The van der Waals surface area contributed by atoms with Crippen LogP contribution in [0.2, 0.25) is 0 Å². The number of carboxylic acids is 1. The summed E-state index contributed by atoms with van der Waals surface area (Å²) in [7, 11) is 0. The van der Waals surface area contributed by atoms with Gasteiger partial charge in [-0.15, -0.1) is 0 Å². The van der Waals surface area contributed by atoms with Crippen LogP contribution >= 0.6 is 0 Å². The molecule has 3 rings (SSSR count). The standard InChI is InChI=1S/C15H21N3O2/c19-15(20)14-6-1-4-12(16-14)10-17-7-3-9-18-8-2-5-13(18)11-17/h1,4,6,13H,2-3,5,7-11H2,(H,19,20)/t13-/m0/s1. The Labute approximate surface area is 119 Å². The molecule has 108 valence electrons. The molecule has 2 aliphatic rings. The normalized spacial score (nSPS) is 24.3. The second kappa shape index (κ2) is 5.89. The first-order chi connectivity index (χ1) is 9.72. The van der Waals surface area contributed by atoms with Crippen LogP contribution in [-0.2, 0) is 6.54 Å². The highest BCUT2D eigenvalue weighted by Gasteiger charge is 2.28. The number of pyridine rings is 1. The van der Waals surface area contributed by atoms with E-state index in [-0.39, 0.29) is 5.69 Å². The summed E-state index contributed by atoms with van der Waals surface area (Å²) >= 11 is 0. The average molecular weight is 275 g/mol. The molecule has 1 N–H and O–H groups in total. The van der Waals surface area contributed by atoms with E-state index in [1.54, 1.807) is 12.1 Å². The maximum Gasteiger partial charge on any atom is 0.354 e. The van der Waals surface area contributed by atoms with E-state index in [0.29, 0.717) is 6.04 Å². The summed E-state index contributed by atoms with van der Waals surface area (Å²) in [5.41, 5.74) is 0.996. The lowest BCUT2D eigenvalue weighted by atomic mass is 10.2. The molecule has 5 nitrogen and oxygen atoms in total. The average Bonchev–Trinajstić information content (AvgIpc) is 2.78. The number of rotatable bonds is 3. The van der Waals surface area contributed by atoms with Crippen molar-refractivity contribution in [1.29, 1.82) is 0 Å². The smallest absolute Gasteiger partial charge is 0.354 e. The van der Waals surface area contributed by atoms with Crippen molar-refractivity contribution in [3.63, 3.8) is 0 Å². The molecular weight excluding hydrogens is 254 g/mol. The van der Waals surface area contributed by atoms with E-state index in [1.807, 2.05) is 6.07 Å². The zero-order chi connectivity index (χ0) is 13.9. The van der Waals surface area contributed by atoms with E-state index in [4.69, 9.17) is 5.11 Å². The maximum absolute atomic E-state index is 11.0. The number of carboxylic acid groups (broad SMARTS) is 1. The topological polar surface area (TPSA) is 56.7 Å². The van der Waals surface area contributed by atoms with Crippen LogP contribution in [0, 0.1) is 0 Å². The van der Waals surface area contributed by atoms with Gasteiger partial charge in [0.1, 0.15) is 5.69 Å². The van der Waals surface area contributed by atoms with Crippen LogP contribution in [0.3, 0.4) is 0 Å². The van der Waals surface area contributed by atoms with Crippen molar-refractivity contribution in [3.8, 4) is 0 Å². The Hall–Kier alpha value is -1.46. The number of hydrogen-bond acceptors (Lipinski definition) is 4. The fourth-order valence-corrected chi connectivity index (χ4v) is 3.34. The second-order valence-corrected chi connectivity index (χ2v) is 5.74. The van der Waals surface area contributed by atoms with E-state index in [2.05, 4.69) is 14.8 Å². The molecule has 0 aromatic carbocycles. The highest BCUT2D eigenvalue weighted by atomic mass is 16.4. The first kappa shape index (κ1) is 13.5. The molecule has 1 atom stereocenters. The van der Waals surface area contributed by atoms with Gasteiger partial charge in [-0.2, -0.15) is 0 Å². The number of nitrogens with zero attached hydrogens (tertiary/aromatic N) is 3. The molecule has 3 heterocycles. The van der Waals surface area contributed by atoms with E-state index < -0.39 is 5.97 Å². The van der Waals surface area contributed by atoms with Crippen molar-refractivity contribution in [2.24, 2.45) is 0 Å². The third kappa shape index (κ3) is 2.99. The molecule has 5 heteroatoms. The van der Waals surface area contributed by atoms with Gasteiger partial charge < -0.3 is 5.11 Å². The van der Waals surface area contributed by atoms with Gasteiger partial charge in [0, 0.05) is 19.1 Å². The van der Waals surface area contributed by atoms with Crippen LogP contribution in [0.4, 0.5) is 0 Å². The molecule has 2 saturated heterocycles. The Kier molecular flexibility index (Phi) is 3.98. The molecule has 20 heavy (non-hydrogen) atoms. The molecule has 2 aliphatic heterocycles. The van der Waals surface area contributed by atoms with Gasteiger partial charge >= 0.3 is 5.97 Å². The zero-order valence-corrected chi connectivity index (χ0v) is 11.7.